The Kier molecular flexibility index (Phi) is 8.25. The maximum Gasteiger partial charge on any atom is 0.247 e. The van der Waals surface area contributed by atoms with Crippen LogP contribution in [0.1, 0.15) is 83.3 Å². The summed E-state index contributed by atoms with van der Waals surface area (Å²) in [5, 5.41) is 0. The van der Waals surface area contributed by atoms with Gasteiger partial charge in [-0.1, -0.05) is 158 Å². The third-order valence-corrected chi connectivity index (χ3v) is 15.6. The van der Waals surface area contributed by atoms with Crippen molar-refractivity contribution < 1.29 is 0 Å². The molecule has 4 heterocycles. The molecule has 0 aliphatic carbocycles. The molecule has 0 N–H and O–H groups in total. The third-order valence-electron chi connectivity index (χ3n) is 15.6. The predicted octanol–water partition coefficient (Wildman–Crippen LogP) is 11.1. The highest BCUT2D eigenvalue weighted by molar-refractivity contribution is 6.99. The second-order valence-electron chi connectivity index (χ2n) is 20.6. The van der Waals surface area contributed by atoms with Crippen LogP contribution in [0.5, 0.6) is 0 Å². The fourth-order valence-corrected chi connectivity index (χ4v) is 12.8. The molecule has 0 fully saturated rings. The number of aryl methyl sites for hydroxylation is 6. The molecule has 0 amide bonds. The Morgan fingerprint density at radius 1 is 0.344 bits per heavy atom. The van der Waals surface area contributed by atoms with Gasteiger partial charge in [0.25, 0.3) is 0 Å². The van der Waals surface area contributed by atoms with E-state index in [0.29, 0.717) is 0 Å². The highest BCUT2D eigenvalue weighted by Gasteiger charge is 2.49. The molecule has 4 aliphatic heterocycles. The molecule has 0 bridgehead atoms. The van der Waals surface area contributed by atoms with E-state index in [-0.39, 0.29) is 24.3 Å². The quantitative estimate of drug-likeness (QED) is 0.164. The van der Waals surface area contributed by atoms with Gasteiger partial charge in [-0.25, -0.2) is 0 Å². The topological polar surface area (TPSA) is 6.48 Å². The van der Waals surface area contributed by atoms with Crippen LogP contribution < -0.4 is 42.6 Å². The zero-order chi connectivity index (χ0) is 44.1. The summed E-state index contributed by atoms with van der Waals surface area (Å²) in [5.74, 6) is 0. The smallest absolute Gasteiger partial charge is 0.247 e. The van der Waals surface area contributed by atoms with E-state index in [9.17, 15) is 0 Å². The number of hydrogen-bond acceptors (Lipinski definition) is 2. The van der Waals surface area contributed by atoms with Gasteiger partial charge in [-0.15, -0.1) is 0 Å². The Hall–Kier alpha value is -6.51. The first-order chi connectivity index (χ1) is 30.7. The normalized spacial score (nSPS) is 15.5. The van der Waals surface area contributed by atoms with Crippen molar-refractivity contribution in [1.82, 2.24) is 0 Å². The molecule has 310 valence electrons. The Morgan fingerprint density at radius 2 is 0.703 bits per heavy atom. The van der Waals surface area contributed by atoms with Gasteiger partial charge in [-0.3, -0.25) is 0 Å². The van der Waals surface area contributed by atoms with Crippen molar-refractivity contribution in [3.8, 4) is 11.1 Å². The van der Waals surface area contributed by atoms with Gasteiger partial charge >= 0.3 is 0 Å². The van der Waals surface area contributed by atoms with Crippen LogP contribution in [0, 0.1) is 41.5 Å². The molecule has 4 aliphatic rings. The summed E-state index contributed by atoms with van der Waals surface area (Å²) in [6.07, 6.45) is 0. The molecule has 0 spiro atoms. The minimum absolute atomic E-state index is 0.143. The molecule has 0 saturated carbocycles. The lowest BCUT2D eigenvalue weighted by Crippen LogP contribution is -2.64. The fourth-order valence-electron chi connectivity index (χ4n) is 12.8. The molecule has 0 aromatic heterocycles. The highest BCUT2D eigenvalue weighted by Crippen LogP contribution is 2.47. The van der Waals surface area contributed by atoms with E-state index in [1.54, 1.807) is 0 Å². The molecule has 8 aromatic rings. The number of hydrogen-bond donors (Lipinski definition) is 0. The fraction of sp³-hybridized carbons (Fsp3) is 0.200. The van der Waals surface area contributed by atoms with Crippen molar-refractivity contribution in [2.24, 2.45) is 0 Å². The van der Waals surface area contributed by atoms with Crippen LogP contribution >= 0.6 is 0 Å². The number of fused-ring (bicyclic) bond motifs is 8. The van der Waals surface area contributed by atoms with Crippen LogP contribution in [0.15, 0.2) is 146 Å². The molecular formula is C60H54B2N2. The summed E-state index contributed by atoms with van der Waals surface area (Å²) in [7, 11) is 0. The van der Waals surface area contributed by atoms with E-state index in [1.807, 2.05) is 0 Å². The van der Waals surface area contributed by atoms with Crippen LogP contribution in [-0.4, -0.2) is 13.4 Å². The SMILES string of the molecule is Cc1ccc(N2c3ccc(C)cc3B3c4ccc(-c5ccc6c(c5)C(C)(C)c5c(C)ccc7c5B6c5cc(C)ccc5N7c5ccc(C)cc5)cc4C(C)(C)c4c(C)ccc2c43)cc1. The summed E-state index contributed by atoms with van der Waals surface area (Å²) < 4.78 is 0. The number of rotatable bonds is 3. The number of anilines is 6. The van der Waals surface area contributed by atoms with E-state index < -0.39 is 0 Å². The second-order valence-corrected chi connectivity index (χ2v) is 20.6. The van der Waals surface area contributed by atoms with E-state index in [4.69, 9.17) is 0 Å². The van der Waals surface area contributed by atoms with Gasteiger partial charge in [0, 0.05) is 45.0 Å². The summed E-state index contributed by atoms with van der Waals surface area (Å²) in [4.78, 5) is 5.03. The summed E-state index contributed by atoms with van der Waals surface area (Å²) in [6, 6.07) is 56.7. The lowest BCUT2D eigenvalue weighted by atomic mass is 9.29. The van der Waals surface area contributed by atoms with Gasteiger partial charge in [0.1, 0.15) is 0 Å². The van der Waals surface area contributed by atoms with Crippen LogP contribution in [0.2, 0.25) is 0 Å². The predicted molar refractivity (Wildman–Crippen MR) is 276 cm³/mol. The van der Waals surface area contributed by atoms with Crippen molar-refractivity contribution in [1.29, 1.82) is 0 Å². The Bertz CT molecular complexity index is 3080. The molecule has 8 aromatic carbocycles. The standard InChI is InChI=1S/C60H54B2N2/c1-35-11-21-43(22-12-35)63-51-27-15-37(3)31-49(51)61-47-25-19-41(33-45(47)59(7,8)55-39(5)17-29-53(63)57(55)61)42-20-26-48-46(34-42)60(9,10)56-40(6)18-30-54-58(56)62(48)50-32-38(4)16-28-52(50)64(54)44-23-13-36(2)14-24-44/h11-34H,1-10H3. The molecule has 0 radical (unpaired) electrons. The molecule has 0 saturated heterocycles. The minimum atomic E-state index is -0.218. The first kappa shape index (κ1) is 39.1. The average Bonchev–Trinajstić information content (AvgIpc) is 3.27. The Balaban J connectivity index is 1.03. The molecule has 0 unspecified atom stereocenters. The van der Waals surface area contributed by atoms with E-state index >= 15 is 0 Å². The molecule has 2 nitrogen and oxygen atoms in total. The van der Waals surface area contributed by atoms with Crippen LogP contribution in [-0.2, 0) is 10.8 Å². The Labute approximate surface area is 380 Å². The van der Waals surface area contributed by atoms with Gasteiger partial charge in [0.2, 0.25) is 13.4 Å². The van der Waals surface area contributed by atoms with E-state index in [0.717, 1.165) is 0 Å². The minimum Gasteiger partial charge on any atom is -0.312 e. The summed E-state index contributed by atoms with van der Waals surface area (Å²) in [6.45, 7) is 23.6. The molecule has 64 heavy (non-hydrogen) atoms. The largest absolute Gasteiger partial charge is 0.312 e. The van der Waals surface area contributed by atoms with Gasteiger partial charge in [-0.2, -0.15) is 0 Å². The molecule has 4 heteroatoms. The monoisotopic (exact) mass is 824 g/mol. The van der Waals surface area contributed by atoms with Crippen LogP contribution in [0.25, 0.3) is 11.1 Å². The summed E-state index contributed by atoms with van der Waals surface area (Å²) in [5.41, 5.74) is 31.8. The maximum atomic E-state index is 2.56. The van der Waals surface area contributed by atoms with Crippen LogP contribution in [0.3, 0.4) is 0 Å². The summed E-state index contributed by atoms with van der Waals surface area (Å²) >= 11 is 0. The van der Waals surface area contributed by atoms with Crippen molar-refractivity contribution in [3.63, 3.8) is 0 Å². The second kappa shape index (κ2) is 13.5. The van der Waals surface area contributed by atoms with Gasteiger partial charge in [0.15, 0.2) is 0 Å². The lowest BCUT2D eigenvalue weighted by Gasteiger charge is -2.46. The van der Waals surface area contributed by atoms with Crippen molar-refractivity contribution >= 4 is 80.3 Å². The van der Waals surface area contributed by atoms with E-state index in [1.165, 1.54) is 134 Å². The first-order valence-corrected chi connectivity index (χ1v) is 23.2. The van der Waals surface area contributed by atoms with Crippen molar-refractivity contribution in [2.45, 2.75) is 80.1 Å². The molecule has 12 rings (SSSR count). The van der Waals surface area contributed by atoms with Crippen molar-refractivity contribution in [3.05, 3.63) is 201 Å². The van der Waals surface area contributed by atoms with Gasteiger partial charge in [-0.05, 0) is 156 Å². The Morgan fingerprint density at radius 3 is 1.09 bits per heavy atom. The zero-order valence-corrected chi connectivity index (χ0v) is 38.9. The first-order valence-electron chi connectivity index (χ1n) is 23.2. The number of nitrogens with zero attached hydrogens (tertiary/aromatic N) is 2. The third kappa shape index (κ3) is 5.35. The molecular weight excluding hydrogens is 770 g/mol. The van der Waals surface area contributed by atoms with E-state index in [2.05, 4.69) is 225 Å². The number of benzene rings is 8. The van der Waals surface area contributed by atoms with Crippen molar-refractivity contribution in [2.75, 3.05) is 9.80 Å². The van der Waals surface area contributed by atoms with Gasteiger partial charge < -0.3 is 9.80 Å². The lowest BCUT2D eigenvalue weighted by molar-refractivity contribution is 0.640. The maximum absolute atomic E-state index is 2.56. The zero-order valence-electron chi connectivity index (χ0n) is 38.9. The molecule has 0 atom stereocenters. The highest BCUT2D eigenvalue weighted by atomic mass is 15.2. The van der Waals surface area contributed by atoms with Gasteiger partial charge in [0.05, 0.1) is 0 Å². The average molecular weight is 825 g/mol. The van der Waals surface area contributed by atoms with Crippen LogP contribution in [0.4, 0.5) is 34.1 Å².